The first kappa shape index (κ1) is 19.5. The van der Waals surface area contributed by atoms with E-state index in [1.807, 2.05) is 37.3 Å². The third-order valence-corrected chi connectivity index (χ3v) is 6.36. The lowest BCUT2D eigenvalue weighted by molar-refractivity contribution is 0.630. The summed E-state index contributed by atoms with van der Waals surface area (Å²) in [6.45, 7) is 6.12. The Morgan fingerprint density at radius 1 is 0.903 bits per heavy atom. The molecule has 1 N–H and O–H groups in total. The van der Waals surface area contributed by atoms with Gasteiger partial charge < -0.3 is 5.32 Å². The molecule has 0 saturated carbocycles. The molecule has 3 nitrogen and oxygen atoms in total. The van der Waals surface area contributed by atoms with Crippen LogP contribution in [-0.2, 0) is 0 Å². The van der Waals surface area contributed by atoms with E-state index in [1.54, 1.807) is 17.4 Å². The molecule has 154 valence electrons. The highest BCUT2D eigenvalue weighted by molar-refractivity contribution is 7.15. The molecular weight excluding hydrogens is 405 g/mol. The van der Waals surface area contributed by atoms with E-state index >= 15 is 0 Å². The van der Waals surface area contributed by atoms with Crippen LogP contribution in [0.4, 0.5) is 15.9 Å². The minimum absolute atomic E-state index is 0.276. The molecule has 0 saturated heterocycles. The SMILES string of the molecule is Cc1ccc(F)c(-c2nc3scc(-c4ccccc4)n3c2Nc2c(C)cccc2C)c1. The van der Waals surface area contributed by atoms with Gasteiger partial charge in [-0.25, -0.2) is 9.37 Å². The number of halogens is 1. The summed E-state index contributed by atoms with van der Waals surface area (Å²) < 4.78 is 17.0. The van der Waals surface area contributed by atoms with Crippen LogP contribution < -0.4 is 5.32 Å². The number of fused-ring (bicyclic) bond motifs is 1. The zero-order chi connectivity index (χ0) is 21.5. The predicted molar refractivity (Wildman–Crippen MR) is 128 cm³/mol. The van der Waals surface area contributed by atoms with Crippen LogP contribution in [0.3, 0.4) is 0 Å². The molecule has 0 atom stereocenters. The van der Waals surface area contributed by atoms with Crippen LogP contribution in [0, 0.1) is 26.6 Å². The van der Waals surface area contributed by atoms with Crippen molar-refractivity contribution in [2.45, 2.75) is 20.8 Å². The summed E-state index contributed by atoms with van der Waals surface area (Å²) in [5, 5.41) is 5.72. The second kappa shape index (κ2) is 7.67. The Hall–Kier alpha value is -3.44. The van der Waals surface area contributed by atoms with Gasteiger partial charge in [0.15, 0.2) is 4.96 Å². The number of imidazole rings is 1. The maximum Gasteiger partial charge on any atom is 0.196 e. The van der Waals surface area contributed by atoms with Crippen LogP contribution in [0.2, 0.25) is 0 Å². The quantitative estimate of drug-likeness (QED) is 0.321. The number of aromatic nitrogens is 2. The maximum absolute atomic E-state index is 14.9. The van der Waals surface area contributed by atoms with Gasteiger partial charge in [-0.3, -0.25) is 4.40 Å². The Bertz CT molecular complexity index is 1380. The van der Waals surface area contributed by atoms with Crippen molar-refractivity contribution in [1.29, 1.82) is 0 Å². The van der Waals surface area contributed by atoms with Crippen LogP contribution in [0.15, 0.2) is 72.1 Å². The summed E-state index contributed by atoms with van der Waals surface area (Å²) in [5.74, 6) is 0.499. The van der Waals surface area contributed by atoms with Gasteiger partial charge in [0.1, 0.15) is 17.3 Å². The Kier molecular flexibility index (Phi) is 4.83. The summed E-state index contributed by atoms with van der Waals surface area (Å²) in [5.41, 5.74) is 7.51. The van der Waals surface area contributed by atoms with Crippen molar-refractivity contribution in [2.24, 2.45) is 0 Å². The van der Waals surface area contributed by atoms with Gasteiger partial charge in [0.25, 0.3) is 0 Å². The summed E-state index contributed by atoms with van der Waals surface area (Å²) in [6, 6.07) is 21.6. The Morgan fingerprint density at radius 3 is 2.39 bits per heavy atom. The zero-order valence-electron chi connectivity index (χ0n) is 17.6. The standard InChI is InChI=1S/C26H22FN3S/c1-16-12-13-21(27)20(14-16)24-25(28-23-17(2)8-7-9-18(23)3)30-22(15-31-26(30)29-24)19-10-5-4-6-11-19/h4-15,28H,1-3H3. The number of para-hydroxylation sites is 1. The number of nitrogens with one attached hydrogen (secondary N) is 1. The van der Waals surface area contributed by atoms with E-state index in [9.17, 15) is 4.39 Å². The van der Waals surface area contributed by atoms with Crippen molar-refractivity contribution in [2.75, 3.05) is 5.32 Å². The summed E-state index contributed by atoms with van der Waals surface area (Å²) in [7, 11) is 0. The molecule has 0 unspecified atom stereocenters. The average molecular weight is 428 g/mol. The van der Waals surface area contributed by atoms with E-state index in [0.29, 0.717) is 11.3 Å². The Labute approximate surface area is 184 Å². The molecule has 5 aromatic rings. The topological polar surface area (TPSA) is 29.3 Å². The first-order valence-electron chi connectivity index (χ1n) is 10.2. The van der Waals surface area contributed by atoms with Gasteiger partial charge in [0.05, 0.1) is 5.69 Å². The van der Waals surface area contributed by atoms with Crippen molar-refractivity contribution in [1.82, 2.24) is 9.38 Å². The molecule has 3 aromatic carbocycles. The molecule has 0 amide bonds. The molecule has 0 bridgehead atoms. The summed E-state index contributed by atoms with van der Waals surface area (Å²) in [4.78, 5) is 5.69. The number of hydrogen-bond acceptors (Lipinski definition) is 3. The fourth-order valence-electron chi connectivity index (χ4n) is 3.92. The third-order valence-electron chi connectivity index (χ3n) is 5.53. The van der Waals surface area contributed by atoms with Gasteiger partial charge in [0.2, 0.25) is 0 Å². The van der Waals surface area contributed by atoms with Crippen LogP contribution in [0.5, 0.6) is 0 Å². The van der Waals surface area contributed by atoms with E-state index in [4.69, 9.17) is 4.98 Å². The fraction of sp³-hybridized carbons (Fsp3) is 0.115. The first-order valence-corrected chi connectivity index (χ1v) is 11.1. The Balaban J connectivity index is 1.80. The van der Waals surface area contributed by atoms with E-state index in [-0.39, 0.29) is 5.82 Å². The molecule has 0 spiro atoms. The fourth-order valence-corrected chi connectivity index (χ4v) is 4.82. The molecular formula is C26H22FN3S. The van der Waals surface area contributed by atoms with Crippen LogP contribution in [0.25, 0.3) is 27.5 Å². The number of nitrogens with zero attached hydrogens (tertiary/aromatic N) is 2. The smallest absolute Gasteiger partial charge is 0.196 e. The molecule has 0 fully saturated rings. The van der Waals surface area contributed by atoms with E-state index < -0.39 is 0 Å². The number of aryl methyl sites for hydroxylation is 3. The van der Waals surface area contributed by atoms with E-state index in [1.165, 1.54) is 6.07 Å². The highest BCUT2D eigenvalue weighted by atomic mass is 32.1. The Morgan fingerprint density at radius 2 is 1.65 bits per heavy atom. The van der Waals surface area contributed by atoms with Gasteiger partial charge in [-0.1, -0.05) is 60.2 Å². The second-order valence-electron chi connectivity index (χ2n) is 7.79. The van der Waals surface area contributed by atoms with Crippen molar-refractivity contribution in [3.05, 3.63) is 94.6 Å². The summed E-state index contributed by atoms with van der Waals surface area (Å²) in [6.07, 6.45) is 0. The number of benzene rings is 3. The molecule has 5 heteroatoms. The van der Waals surface area contributed by atoms with Crippen molar-refractivity contribution >= 4 is 27.8 Å². The highest BCUT2D eigenvalue weighted by Crippen LogP contribution is 2.39. The molecule has 2 aromatic heterocycles. The predicted octanol–water partition coefficient (Wildman–Crippen LogP) is 7.54. The molecule has 0 radical (unpaired) electrons. The number of hydrogen-bond donors (Lipinski definition) is 1. The van der Waals surface area contributed by atoms with Crippen molar-refractivity contribution in [3.63, 3.8) is 0 Å². The van der Waals surface area contributed by atoms with Gasteiger partial charge in [-0.2, -0.15) is 0 Å². The molecule has 0 aliphatic heterocycles. The second-order valence-corrected chi connectivity index (χ2v) is 8.63. The lowest BCUT2D eigenvalue weighted by Crippen LogP contribution is -2.02. The molecule has 0 aliphatic rings. The van der Waals surface area contributed by atoms with Crippen molar-refractivity contribution in [3.8, 4) is 22.5 Å². The van der Waals surface area contributed by atoms with Gasteiger partial charge >= 0.3 is 0 Å². The molecule has 2 heterocycles. The minimum atomic E-state index is -0.276. The lowest BCUT2D eigenvalue weighted by Gasteiger charge is -2.15. The van der Waals surface area contributed by atoms with Gasteiger partial charge in [-0.15, -0.1) is 11.3 Å². The van der Waals surface area contributed by atoms with E-state index in [2.05, 4.69) is 53.2 Å². The zero-order valence-corrected chi connectivity index (χ0v) is 18.4. The lowest BCUT2D eigenvalue weighted by atomic mass is 10.1. The van der Waals surface area contributed by atoms with Crippen LogP contribution in [-0.4, -0.2) is 9.38 Å². The van der Waals surface area contributed by atoms with Crippen LogP contribution >= 0.6 is 11.3 Å². The number of rotatable bonds is 4. The number of anilines is 2. The minimum Gasteiger partial charge on any atom is -0.339 e. The molecule has 5 rings (SSSR count). The maximum atomic E-state index is 14.9. The van der Waals surface area contributed by atoms with Crippen molar-refractivity contribution < 1.29 is 4.39 Å². The molecule has 31 heavy (non-hydrogen) atoms. The first-order chi connectivity index (χ1) is 15.0. The monoisotopic (exact) mass is 427 g/mol. The third kappa shape index (κ3) is 3.41. The normalized spacial score (nSPS) is 11.2. The number of thiazole rings is 1. The molecule has 0 aliphatic carbocycles. The van der Waals surface area contributed by atoms with E-state index in [0.717, 1.165) is 44.4 Å². The van der Waals surface area contributed by atoms with Gasteiger partial charge in [0, 0.05) is 16.6 Å². The largest absolute Gasteiger partial charge is 0.339 e. The van der Waals surface area contributed by atoms with Crippen LogP contribution in [0.1, 0.15) is 16.7 Å². The highest BCUT2D eigenvalue weighted by Gasteiger charge is 2.22. The van der Waals surface area contributed by atoms with Gasteiger partial charge in [-0.05, 0) is 49.6 Å². The summed E-state index contributed by atoms with van der Waals surface area (Å²) >= 11 is 1.56. The average Bonchev–Trinajstić information content (AvgIpc) is 3.33.